The minimum atomic E-state index is -0.862. The van der Waals surface area contributed by atoms with Gasteiger partial charge in [-0.1, -0.05) is 6.08 Å². The minimum absolute atomic E-state index is 0. The average Bonchev–Trinajstić information content (AvgIpc) is 2.12. The molecule has 9 heavy (non-hydrogen) atoms. The highest BCUT2D eigenvalue weighted by Gasteiger charge is 2.09. The number of carboxylic acid groups (broad SMARTS) is 1. The van der Waals surface area contributed by atoms with Crippen molar-refractivity contribution in [2.45, 2.75) is 6.42 Å². The third-order valence-electron chi connectivity index (χ3n) is 1.07. The second kappa shape index (κ2) is 3.35. The van der Waals surface area contributed by atoms with E-state index in [0.29, 0.717) is 6.54 Å². The summed E-state index contributed by atoms with van der Waals surface area (Å²) in [6.45, 7) is 0.620. The van der Waals surface area contributed by atoms with E-state index in [1.807, 2.05) is 6.08 Å². The van der Waals surface area contributed by atoms with Crippen LogP contribution >= 0.6 is 12.4 Å². The first-order chi connectivity index (χ1) is 3.80. The zero-order valence-electron chi connectivity index (χ0n) is 4.78. The van der Waals surface area contributed by atoms with Crippen molar-refractivity contribution in [1.82, 2.24) is 4.90 Å². The summed E-state index contributed by atoms with van der Waals surface area (Å²) in [5.74, 6) is 0. The molecule has 0 aliphatic carbocycles. The van der Waals surface area contributed by atoms with E-state index < -0.39 is 6.09 Å². The number of nitrogens with zero attached hydrogens (tertiary/aromatic N) is 1. The van der Waals surface area contributed by atoms with Crippen molar-refractivity contribution in [2.75, 3.05) is 6.54 Å². The molecule has 0 atom stereocenters. The first-order valence-electron chi connectivity index (χ1n) is 2.47. The van der Waals surface area contributed by atoms with Crippen LogP contribution in [0.4, 0.5) is 4.79 Å². The molecule has 0 radical (unpaired) electrons. The van der Waals surface area contributed by atoms with E-state index in [-0.39, 0.29) is 12.4 Å². The van der Waals surface area contributed by atoms with Gasteiger partial charge in [0.15, 0.2) is 0 Å². The van der Waals surface area contributed by atoms with E-state index in [0.717, 1.165) is 6.42 Å². The zero-order chi connectivity index (χ0) is 5.98. The van der Waals surface area contributed by atoms with Crippen LogP contribution < -0.4 is 0 Å². The van der Waals surface area contributed by atoms with Crippen molar-refractivity contribution in [3.63, 3.8) is 0 Å². The van der Waals surface area contributed by atoms with Gasteiger partial charge in [0.1, 0.15) is 0 Å². The van der Waals surface area contributed by atoms with Gasteiger partial charge in [-0.25, -0.2) is 4.79 Å². The van der Waals surface area contributed by atoms with Crippen LogP contribution in [0, 0.1) is 0 Å². The van der Waals surface area contributed by atoms with Crippen LogP contribution in [-0.2, 0) is 0 Å². The van der Waals surface area contributed by atoms with Gasteiger partial charge in [0.25, 0.3) is 0 Å². The highest BCUT2D eigenvalue weighted by molar-refractivity contribution is 5.85. The van der Waals surface area contributed by atoms with Crippen molar-refractivity contribution in [1.29, 1.82) is 0 Å². The molecular weight excluding hydrogens is 142 g/mol. The Hall–Kier alpha value is -0.700. The number of halogens is 1. The summed E-state index contributed by atoms with van der Waals surface area (Å²) in [7, 11) is 0. The fourth-order valence-corrected chi connectivity index (χ4v) is 0.649. The summed E-state index contributed by atoms with van der Waals surface area (Å²) >= 11 is 0. The van der Waals surface area contributed by atoms with Crippen LogP contribution in [0.25, 0.3) is 0 Å². The quantitative estimate of drug-likeness (QED) is 0.564. The molecule has 52 valence electrons. The summed E-state index contributed by atoms with van der Waals surface area (Å²) in [6, 6.07) is 0. The monoisotopic (exact) mass is 149 g/mol. The molecule has 1 N–H and O–H groups in total. The fourth-order valence-electron chi connectivity index (χ4n) is 0.649. The molecule has 0 unspecified atom stereocenters. The highest BCUT2D eigenvalue weighted by Crippen LogP contribution is 2.02. The van der Waals surface area contributed by atoms with Crippen LogP contribution in [0.1, 0.15) is 6.42 Å². The lowest BCUT2D eigenvalue weighted by Gasteiger charge is -2.05. The first-order valence-corrected chi connectivity index (χ1v) is 2.47. The Morgan fingerprint density at radius 3 is 2.56 bits per heavy atom. The maximum atomic E-state index is 10.1. The number of hydrogen-bond donors (Lipinski definition) is 1. The molecule has 1 rings (SSSR count). The van der Waals surface area contributed by atoms with Gasteiger partial charge in [-0.05, 0) is 6.42 Å². The Morgan fingerprint density at radius 1 is 1.67 bits per heavy atom. The maximum Gasteiger partial charge on any atom is 0.411 e. The molecule has 0 spiro atoms. The van der Waals surface area contributed by atoms with Gasteiger partial charge in [-0.3, -0.25) is 4.90 Å². The van der Waals surface area contributed by atoms with Gasteiger partial charge in [-0.2, -0.15) is 0 Å². The molecule has 1 amide bonds. The van der Waals surface area contributed by atoms with E-state index >= 15 is 0 Å². The number of amides is 1. The van der Waals surface area contributed by atoms with E-state index in [1.165, 1.54) is 4.90 Å². The van der Waals surface area contributed by atoms with Crippen molar-refractivity contribution in [3.05, 3.63) is 12.3 Å². The van der Waals surface area contributed by atoms with Crippen molar-refractivity contribution in [2.24, 2.45) is 0 Å². The van der Waals surface area contributed by atoms with Crippen molar-refractivity contribution >= 4 is 18.5 Å². The molecule has 0 aromatic heterocycles. The third-order valence-corrected chi connectivity index (χ3v) is 1.07. The predicted octanol–water partition coefficient (Wildman–Crippen LogP) is 1.31. The molecule has 0 aromatic rings. The number of hydrogen-bond acceptors (Lipinski definition) is 1. The lowest BCUT2D eigenvalue weighted by molar-refractivity contribution is 0.166. The second-order valence-corrected chi connectivity index (χ2v) is 1.65. The van der Waals surface area contributed by atoms with Crippen molar-refractivity contribution in [3.8, 4) is 0 Å². The first kappa shape index (κ1) is 8.30. The Balaban J connectivity index is 0.000000640. The molecule has 3 nitrogen and oxygen atoms in total. The summed E-state index contributed by atoms with van der Waals surface area (Å²) in [5.41, 5.74) is 0. The van der Waals surface area contributed by atoms with E-state index in [9.17, 15) is 4.79 Å². The van der Waals surface area contributed by atoms with Gasteiger partial charge in [0, 0.05) is 12.7 Å². The van der Waals surface area contributed by atoms with Gasteiger partial charge >= 0.3 is 6.09 Å². The minimum Gasteiger partial charge on any atom is -0.465 e. The normalized spacial score (nSPS) is 15.3. The van der Waals surface area contributed by atoms with Crippen LogP contribution in [-0.4, -0.2) is 22.6 Å². The molecule has 0 fully saturated rings. The van der Waals surface area contributed by atoms with Gasteiger partial charge in [-0.15, -0.1) is 12.4 Å². The molecule has 1 aliphatic heterocycles. The Kier molecular flexibility index (Phi) is 3.09. The average molecular weight is 150 g/mol. The lowest BCUT2D eigenvalue weighted by Crippen LogP contribution is -2.20. The summed E-state index contributed by atoms with van der Waals surface area (Å²) in [5, 5.41) is 8.29. The smallest absolute Gasteiger partial charge is 0.411 e. The third kappa shape index (κ3) is 1.93. The Morgan fingerprint density at radius 2 is 2.33 bits per heavy atom. The van der Waals surface area contributed by atoms with Gasteiger partial charge < -0.3 is 5.11 Å². The highest BCUT2D eigenvalue weighted by atomic mass is 35.5. The van der Waals surface area contributed by atoms with Crippen LogP contribution in [0.3, 0.4) is 0 Å². The summed E-state index contributed by atoms with van der Waals surface area (Å²) in [6.07, 6.45) is 3.42. The molecule has 1 aliphatic rings. The maximum absolute atomic E-state index is 10.1. The van der Waals surface area contributed by atoms with E-state index in [4.69, 9.17) is 5.11 Å². The van der Waals surface area contributed by atoms with E-state index in [1.54, 1.807) is 6.20 Å². The van der Waals surface area contributed by atoms with Gasteiger partial charge in [0.05, 0.1) is 0 Å². The predicted molar refractivity (Wildman–Crippen MR) is 35.7 cm³/mol. The fraction of sp³-hybridized carbons (Fsp3) is 0.400. The SMILES string of the molecule is Cl.O=C(O)N1C=CCC1. The zero-order valence-corrected chi connectivity index (χ0v) is 5.60. The Labute approximate surface area is 59.4 Å². The van der Waals surface area contributed by atoms with E-state index in [2.05, 4.69) is 0 Å². The largest absolute Gasteiger partial charge is 0.465 e. The van der Waals surface area contributed by atoms with Gasteiger partial charge in [0.2, 0.25) is 0 Å². The molecule has 1 heterocycles. The topological polar surface area (TPSA) is 40.5 Å². The second-order valence-electron chi connectivity index (χ2n) is 1.65. The lowest BCUT2D eigenvalue weighted by atomic mass is 10.5. The summed E-state index contributed by atoms with van der Waals surface area (Å²) < 4.78 is 0. The molecule has 0 saturated carbocycles. The Bertz CT molecular complexity index is 135. The molecule has 0 bridgehead atoms. The van der Waals surface area contributed by atoms with Crippen LogP contribution in [0.2, 0.25) is 0 Å². The van der Waals surface area contributed by atoms with Crippen LogP contribution in [0.5, 0.6) is 0 Å². The molecule has 4 heteroatoms. The summed E-state index contributed by atoms with van der Waals surface area (Å²) in [4.78, 5) is 11.3. The molecule has 0 saturated heterocycles. The molecular formula is C5H8ClNO2. The standard InChI is InChI=1S/C5H7NO2.ClH/c7-5(8)6-3-1-2-4-6;/h1,3H,2,4H2,(H,7,8);1H. The number of rotatable bonds is 0. The van der Waals surface area contributed by atoms with Crippen LogP contribution in [0.15, 0.2) is 12.3 Å². The molecule has 0 aromatic carbocycles. The number of carbonyl (C=O) groups is 1. The van der Waals surface area contributed by atoms with Crippen molar-refractivity contribution < 1.29 is 9.90 Å².